The van der Waals surface area contributed by atoms with E-state index in [-0.39, 0.29) is 11.2 Å². The molecule has 5 nitrogen and oxygen atoms in total. The van der Waals surface area contributed by atoms with E-state index >= 15 is 0 Å². The smallest absolute Gasteiger partial charge is 0.246 e. The number of nitrogens with zero attached hydrogens (tertiary/aromatic N) is 2. The first-order chi connectivity index (χ1) is 13.2. The number of aliphatic imine (C=N–C) groups is 1. The summed E-state index contributed by atoms with van der Waals surface area (Å²) in [7, 11) is 0. The molecule has 3 rings (SSSR count). The quantitative estimate of drug-likeness (QED) is 0.672. The summed E-state index contributed by atoms with van der Waals surface area (Å²) in [5.41, 5.74) is 1.60. The van der Waals surface area contributed by atoms with Crippen LogP contribution in [0, 0.1) is 0 Å². The van der Waals surface area contributed by atoms with Crippen molar-refractivity contribution >= 4 is 34.2 Å². The van der Waals surface area contributed by atoms with E-state index in [1.807, 2.05) is 69.3 Å². The Labute approximate surface area is 164 Å². The Balaban J connectivity index is 1.90. The van der Waals surface area contributed by atoms with Crippen LogP contribution >= 0.6 is 11.8 Å². The normalized spacial score (nSPS) is 18.2. The van der Waals surface area contributed by atoms with Gasteiger partial charge in [-0.3, -0.25) is 9.69 Å². The van der Waals surface area contributed by atoms with E-state index in [9.17, 15) is 4.79 Å². The molecule has 0 N–H and O–H groups in total. The maximum Gasteiger partial charge on any atom is 0.246 e. The molecule has 2 aromatic carbocycles. The maximum atomic E-state index is 12.9. The van der Waals surface area contributed by atoms with E-state index in [2.05, 4.69) is 0 Å². The Morgan fingerprint density at radius 3 is 2.00 bits per heavy atom. The number of benzene rings is 2. The van der Waals surface area contributed by atoms with Crippen molar-refractivity contribution in [2.75, 3.05) is 18.1 Å². The number of rotatable bonds is 7. The average Bonchev–Trinajstić information content (AvgIpc) is 3.00. The predicted octanol–water partition coefficient (Wildman–Crippen LogP) is 5.03. The van der Waals surface area contributed by atoms with Crippen molar-refractivity contribution in [1.29, 1.82) is 0 Å². The lowest BCUT2D eigenvalue weighted by Gasteiger charge is -2.17. The number of hydrogen-bond acceptors (Lipinski definition) is 5. The molecule has 1 fully saturated rings. The van der Waals surface area contributed by atoms with E-state index in [4.69, 9.17) is 14.5 Å². The lowest BCUT2D eigenvalue weighted by molar-refractivity contribution is -0.116. The minimum Gasteiger partial charge on any atom is -0.494 e. The number of ether oxygens (including phenoxy) is 2. The summed E-state index contributed by atoms with van der Waals surface area (Å²) in [6.07, 6.45) is 0.763. The Kier molecular flexibility index (Phi) is 6.40. The summed E-state index contributed by atoms with van der Waals surface area (Å²) >= 11 is 1.51. The van der Waals surface area contributed by atoms with Crippen LogP contribution in [0.15, 0.2) is 53.5 Å². The molecule has 1 aliphatic heterocycles. The second kappa shape index (κ2) is 8.95. The molecule has 1 unspecified atom stereocenters. The highest BCUT2D eigenvalue weighted by molar-refractivity contribution is 8.16. The number of hydrogen-bond donors (Lipinski definition) is 0. The number of carbonyl (C=O) groups is 1. The van der Waals surface area contributed by atoms with Crippen LogP contribution in [0.3, 0.4) is 0 Å². The third-order valence-electron chi connectivity index (χ3n) is 4.08. The van der Waals surface area contributed by atoms with Crippen LogP contribution in [0.4, 0.5) is 11.4 Å². The zero-order valence-electron chi connectivity index (χ0n) is 15.8. The largest absolute Gasteiger partial charge is 0.494 e. The van der Waals surface area contributed by atoms with Gasteiger partial charge in [0.25, 0.3) is 0 Å². The van der Waals surface area contributed by atoms with Crippen LogP contribution in [0.5, 0.6) is 11.5 Å². The maximum absolute atomic E-state index is 12.9. The molecule has 1 saturated heterocycles. The molecule has 27 heavy (non-hydrogen) atoms. The van der Waals surface area contributed by atoms with Crippen molar-refractivity contribution in [2.45, 2.75) is 32.4 Å². The zero-order chi connectivity index (χ0) is 19.2. The van der Waals surface area contributed by atoms with Crippen LogP contribution < -0.4 is 14.4 Å². The predicted molar refractivity (Wildman–Crippen MR) is 111 cm³/mol. The van der Waals surface area contributed by atoms with Crippen LogP contribution in [0.25, 0.3) is 0 Å². The van der Waals surface area contributed by atoms with Crippen LogP contribution in [0.2, 0.25) is 0 Å². The molecular formula is C21H24N2O3S. The van der Waals surface area contributed by atoms with Crippen LogP contribution in [-0.2, 0) is 4.79 Å². The fourth-order valence-corrected chi connectivity index (χ4v) is 3.88. The summed E-state index contributed by atoms with van der Waals surface area (Å²) in [4.78, 5) is 19.3. The molecule has 142 valence electrons. The summed E-state index contributed by atoms with van der Waals surface area (Å²) in [6.45, 7) is 7.16. The van der Waals surface area contributed by atoms with Gasteiger partial charge in [-0.15, -0.1) is 0 Å². The lowest BCUT2D eigenvalue weighted by Crippen LogP contribution is -2.31. The minimum atomic E-state index is -0.113. The van der Waals surface area contributed by atoms with Gasteiger partial charge in [-0.05, 0) is 68.8 Å². The number of amidine groups is 1. The first-order valence-electron chi connectivity index (χ1n) is 9.21. The highest BCUT2D eigenvalue weighted by Crippen LogP contribution is 2.35. The minimum absolute atomic E-state index is 0.0661. The van der Waals surface area contributed by atoms with E-state index in [0.717, 1.165) is 29.3 Å². The summed E-state index contributed by atoms with van der Waals surface area (Å²) in [5, 5.41) is 0.582. The topological polar surface area (TPSA) is 51.1 Å². The van der Waals surface area contributed by atoms with Crippen molar-refractivity contribution in [3.05, 3.63) is 48.5 Å². The van der Waals surface area contributed by atoms with E-state index in [0.29, 0.717) is 18.4 Å². The van der Waals surface area contributed by atoms with E-state index in [1.165, 1.54) is 11.8 Å². The van der Waals surface area contributed by atoms with Crippen LogP contribution in [0.1, 0.15) is 27.2 Å². The van der Waals surface area contributed by atoms with Gasteiger partial charge in [-0.25, -0.2) is 4.99 Å². The van der Waals surface area contributed by atoms with Crippen molar-refractivity contribution in [3.63, 3.8) is 0 Å². The van der Waals surface area contributed by atoms with Crippen molar-refractivity contribution in [2.24, 2.45) is 4.99 Å². The highest BCUT2D eigenvalue weighted by Gasteiger charge is 2.37. The number of amides is 1. The van der Waals surface area contributed by atoms with Crippen molar-refractivity contribution in [1.82, 2.24) is 0 Å². The Bertz CT molecular complexity index is 803. The molecule has 0 spiro atoms. The molecule has 0 saturated carbocycles. The molecule has 0 aromatic heterocycles. The number of carbonyl (C=O) groups excluding carboxylic acids is 1. The fraction of sp³-hybridized carbons (Fsp3) is 0.333. The molecule has 1 aliphatic rings. The van der Waals surface area contributed by atoms with Gasteiger partial charge in [0, 0.05) is 0 Å². The molecule has 1 amide bonds. The molecule has 6 heteroatoms. The Morgan fingerprint density at radius 1 is 0.926 bits per heavy atom. The van der Waals surface area contributed by atoms with Crippen molar-refractivity contribution in [3.8, 4) is 11.5 Å². The Hall–Kier alpha value is -2.47. The van der Waals surface area contributed by atoms with Crippen LogP contribution in [-0.4, -0.2) is 29.5 Å². The standard InChI is InChI=1S/C21H24N2O3S/c1-4-19-20(24)23(16-9-13-18(14-10-16)26-6-3)21(27-19)22-15-7-11-17(12-8-15)25-5-2/h7-14,19H,4-6H2,1-3H3. The number of anilines is 1. The summed E-state index contributed by atoms with van der Waals surface area (Å²) in [5.74, 6) is 1.67. The van der Waals surface area contributed by atoms with Gasteiger partial charge in [-0.1, -0.05) is 18.7 Å². The molecule has 1 heterocycles. The summed E-state index contributed by atoms with van der Waals surface area (Å²) < 4.78 is 11.0. The second-order valence-corrected chi connectivity index (χ2v) is 7.11. The SMILES string of the molecule is CCOc1ccc(N=C2SC(CC)C(=O)N2c2ccc(OCC)cc2)cc1. The Morgan fingerprint density at radius 2 is 1.48 bits per heavy atom. The van der Waals surface area contributed by atoms with Gasteiger partial charge < -0.3 is 9.47 Å². The third-order valence-corrected chi connectivity index (χ3v) is 5.39. The lowest BCUT2D eigenvalue weighted by atomic mass is 10.2. The molecular weight excluding hydrogens is 360 g/mol. The van der Waals surface area contributed by atoms with Gasteiger partial charge in [0.15, 0.2) is 5.17 Å². The molecule has 0 aliphatic carbocycles. The van der Waals surface area contributed by atoms with Gasteiger partial charge in [0.1, 0.15) is 11.5 Å². The van der Waals surface area contributed by atoms with Crippen molar-refractivity contribution < 1.29 is 14.3 Å². The molecule has 0 radical (unpaired) electrons. The first-order valence-corrected chi connectivity index (χ1v) is 10.1. The van der Waals surface area contributed by atoms with E-state index < -0.39 is 0 Å². The monoisotopic (exact) mass is 384 g/mol. The molecule has 0 bridgehead atoms. The van der Waals surface area contributed by atoms with Gasteiger partial charge >= 0.3 is 0 Å². The zero-order valence-corrected chi connectivity index (χ0v) is 16.7. The average molecular weight is 385 g/mol. The first kappa shape index (κ1) is 19.3. The number of thioether (sulfide) groups is 1. The fourth-order valence-electron chi connectivity index (χ4n) is 2.79. The van der Waals surface area contributed by atoms with E-state index in [1.54, 1.807) is 4.90 Å². The highest BCUT2D eigenvalue weighted by atomic mass is 32.2. The van der Waals surface area contributed by atoms with Gasteiger partial charge in [0.05, 0.1) is 29.8 Å². The second-order valence-electron chi connectivity index (χ2n) is 5.94. The molecule has 2 aromatic rings. The molecule has 1 atom stereocenters. The van der Waals surface area contributed by atoms with Gasteiger partial charge in [-0.2, -0.15) is 0 Å². The van der Waals surface area contributed by atoms with Gasteiger partial charge in [0.2, 0.25) is 5.91 Å². The summed E-state index contributed by atoms with van der Waals surface area (Å²) in [6, 6.07) is 15.1. The third kappa shape index (κ3) is 4.45.